The van der Waals surface area contributed by atoms with Gasteiger partial charge in [0.1, 0.15) is 0 Å². The summed E-state index contributed by atoms with van der Waals surface area (Å²) in [6.07, 6.45) is 0. The maximum absolute atomic E-state index is 2.81. The fraction of sp³-hybridized carbons (Fsp3) is 0.130. The third-order valence-electron chi connectivity index (χ3n) is 13.0. The molecule has 4 aliphatic rings. The van der Waals surface area contributed by atoms with Crippen LogP contribution in [0.3, 0.4) is 0 Å². The van der Waals surface area contributed by atoms with E-state index >= 15 is 0 Å². The van der Waals surface area contributed by atoms with Crippen molar-refractivity contribution < 1.29 is 0 Å². The standard InChI is InChI=1S/C46H31BN2S/c1-45(2)32-20-9-6-14-26(32)42-38(45)29-18-12-21-33-41(29)48(42)43-37-27-15-7-10-22-34(27)50-35(37)23-30-24-16-11-17-28-36-25-13-5-8-19-31(25)46(3,4)44(36)49(40(24)28)47(33)39(30)43/h5-23H,1-4H3. The fourth-order valence-electron chi connectivity index (χ4n) is 11.2. The first kappa shape index (κ1) is 26.5. The lowest BCUT2D eigenvalue weighted by Crippen LogP contribution is -2.56. The van der Waals surface area contributed by atoms with E-state index in [1.807, 2.05) is 11.3 Å². The lowest BCUT2D eigenvalue weighted by molar-refractivity contribution is 0.632. The zero-order valence-electron chi connectivity index (χ0n) is 28.3. The van der Waals surface area contributed by atoms with Gasteiger partial charge in [-0.05, 0) is 50.9 Å². The number of thiophene rings is 1. The van der Waals surface area contributed by atoms with Crippen LogP contribution in [0.25, 0.3) is 81.2 Å². The van der Waals surface area contributed by atoms with Crippen LogP contribution in [0.5, 0.6) is 0 Å². The molecule has 0 spiro atoms. The summed E-state index contributed by atoms with van der Waals surface area (Å²) >= 11 is 1.95. The second-order valence-corrected chi connectivity index (χ2v) is 17.1. The molecule has 13 rings (SSSR count). The molecule has 0 saturated carbocycles. The number of hydrogen-bond donors (Lipinski definition) is 0. The molecule has 6 aromatic carbocycles. The van der Waals surface area contributed by atoms with Crippen LogP contribution in [0, 0.1) is 0 Å². The Bertz CT molecular complexity index is 3110. The largest absolute Gasteiger partial charge is 0.378 e. The summed E-state index contributed by atoms with van der Waals surface area (Å²) in [6.45, 7) is 9.83. The quantitative estimate of drug-likeness (QED) is 0.144. The Morgan fingerprint density at radius 3 is 2.12 bits per heavy atom. The average Bonchev–Trinajstić information content (AvgIpc) is 3.89. The number of rotatable bonds is 0. The van der Waals surface area contributed by atoms with Crippen molar-refractivity contribution in [3.05, 3.63) is 138 Å². The summed E-state index contributed by atoms with van der Waals surface area (Å²) in [6, 6.07) is 44.2. The molecule has 0 bridgehead atoms. The first-order valence-electron chi connectivity index (χ1n) is 17.9. The lowest BCUT2D eigenvalue weighted by atomic mass is 9.45. The minimum absolute atomic E-state index is 0.0578. The van der Waals surface area contributed by atoms with Crippen LogP contribution in [-0.4, -0.2) is 15.9 Å². The lowest BCUT2D eigenvalue weighted by Gasteiger charge is -2.37. The van der Waals surface area contributed by atoms with E-state index in [0.29, 0.717) is 0 Å². The Morgan fingerprint density at radius 1 is 0.580 bits per heavy atom. The van der Waals surface area contributed by atoms with Crippen LogP contribution in [0.1, 0.15) is 50.1 Å². The molecule has 2 aliphatic carbocycles. The molecule has 2 nitrogen and oxygen atoms in total. The van der Waals surface area contributed by atoms with Crippen LogP contribution in [0.4, 0.5) is 0 Å². The maximum atomic E-state index is 2.81. The highest BCUT2D eigenvalue weighted by Crippen LogP contribution is 2.58. The van der Waals surface area contributed by atoms with Crippen molar-refractivity contribution in [2.45, 2.75) is 38.5 Å². The molecule has 2 aliphatic heterocycles. The molecular weight excluding hydrogens is 623 g/mol. The highest BCUT2D eigenvalue weighted by molar-refractivity contribution is 7.26. The van der Waals surface area contributed by atoms with Crippen molar-refractivity contribution in [1.29, 1.82) is 0 Å². The molecule has 0 unspecified atom stereocenters. The Labute approximate surface area is 294 Å². The van der Waals surface area contributed by atoms with Gasteiger partial charge in [0.2, 0.25) is 0 Å². The predicted octanol–water partition coefficient (Wildman–Crippen LogP) is 10.5. The number of hydrogen-bond acceptors (Lipinski definition) is 1. The molecule has 50 heavy (non-hydrogen) atoms. The van der Waals surface area contributed by atoms with Crippen LogP contribution in [0.15, 0.2) is 115 Å². The van der Waals surface area contributed by atoms with Gasteiger partial charge in [0, 0.05) is 69.7 Å². The van der Waals surface area contributed by atoms with E-state index in [0.717, 1.165) is 0 Å². The van der Waals surface area contributed by atoms with Gasteiger partial charge in [0.15, 0.2) is 0 Å². The smallest absolute Gasteiger partial charge is 0.332 e. The van der Waals surface area contributed by atoms with E-state index in [2.05, 4.69) is 152 Å². The molecule has 3 aromatic heterocycles. The van der Waals surface area contributed by atoms with Crippen molar-refractivity contribution >= 4 is 71.1 Å². The third kappa shape index (κ3) is 2.64. The molecule has 0 radical (unpaired) electrons. The van der Waals surface area contributed by atoms with Crippen molar-refractivity contribution in [3.8, 4) is 39.2 Å². The van der Waals surface area contributed by atoms with Gasteiger partial charge in [-0.2, -0.15) is 0 Å². The summed E-state index contributed by atoms with van der Waals surface area (Å²) in [5.41, 5.74) is 20.9. The zero-order valence-corrected chi connectivity index (χ0v) is 29.2. The first-order valence-corrected chi connectivity index (χ1v) is 18.7. The second-order valence-electron chi connectivity index (χ2n) is 16.0. The summed E-state index contributed by atoms with van der Waals surface area (Å²) in [5.74, 6) is 0. The number of aromatic nitrogens is 2. The first-order chi connectivity index (χ1) is 24.4. The van der Waals surface area contributed by atoms with E-state index in [9.17, 15) is 0 Å². The van der Waals surface area contributed by atoms with Gasteiger partial charge in [-0.1, -0.05) is 131 Å². The van der Waals surface area contributed by atoms with Crippen LogP contribution < -0.4 is 10.9 Å². The summed E-state index contributed by atoms with van der Waals surface area (Å²) < 4.78 is 8.27. The molecule has 234 valence electrons. The van der Waals surface area contributed by atoms with Gasteiger partial charge in [-0.3, -0.25) is 0 Å². The Balaban J connectivity index is 1.31. The Kier molecular flexibility index (Phi) is 4.34. The topological polar surface area (TPSA) is 9.86 Å². The van der Waals surface area contributed by atoms with E-state index < -0.39 is 0 Å². The summed E-state index contributed by atoms with van der Waals surface area (Å²) in [7, 11) is 0. The van der Waals surface area contributed by atoms with Crippen LogP contribution >= 0.6 is 11.3 Å². The van der Waals surface area contributed by atoms with Crippen molar-refractivity contribution in [3.63, 3.8) is 0 Å². The summed E-state index contributed by atoms with van der Waals surface area (Å²) in [4.78, 5) is 0. The van der Waals surface area contributed by atoms with Gasteiger partial charge < -0.3 is 9.05 Å². The van der Waals surface area contributed by atoms with Gasteiger partial charge in [0.05, 0.1) is 16.9 Å². The minimum Gasteiger partial charge on any atom is -0.378 e. The fourth-order valence-corrected chi connectivity index (χ4v) is 12.4. The number of fused-ring (bicyclic) bond motifs is 18. The van der Waals surface area contributed by atoms with Crippen LogP contribution in [-0.2, 0) is 10.8 Å². The monoisotopic (exact) mass is 654 g/mol. The molecule has 9 aromatic rings. The molecule has 0 fully saturated rings. The molecule has 5 heterocycles. The van der Waals surface area contributed by atoms with Gasteiger partial charge in [0.25, 0.3) is 0 Å². The molecule has 0 atom stereocenters. The Hall–Kier alpha value is -5.32. The zero-order chi connectivity index (χ0) is 33.0. The summed E-state index contributed by atoms with van der Waals surface area (Å²) in [5, 5.41) is 5.53. The molecule has 0 N–H and O–H groups in total. The van der Waals surface area contributed by atoms with E-state index in [1.165, 1.54) is 114 Å². The third-order valence-corrected chi connectivity index (χ3v) is 14.1. The highest BCUT2D eigenvalue weighted by atomic mass is 32.1. The number of benzene rings is 6. The molecule has 0 saturated heterocycles. The van der Waals surface area contributed by atoms with Gasteiger partial charge >= 0.3 is 6.85 Å². The maximum Gasteiger partial charge on any atom is 0.332 e. The normalized spacial score (nSPS) is 16.3. The van der Waals surface area contributed by atoms with Gasteiger partial charge in [-0.15, -0.1) is 11.3 Å². The average molecular weight is 655 g/mol. The predicted molar refractivity (Wildman–Crippen MR) is 213 cm³/mol. The van der Waals surface area contributed by atoms with Crippen molar-refractivity contribution in [2.75, 3.05) is 0 Å². The van der Waals surface area contributed by atoms with E-state index in [4.69, 9.17) is 0 Å². The number of nitrogens with zero attached hydrogens (tertiary/aromatic N) is 2. The minimum atomic E-state index is -0.144. The number of para-hydroxylation sites is 2. The molecule has 4 heteroatoms. The molecular formula is C46H31BN2S. The molecule has 0 amide bonds. The van der Waals surface area contributed by atoms with Crippen LogP contribution in [0.2, 0.25) is 0 Å². The second kappa shape index (κ2) is 8.17. The van der Waals surface area contributed by atoms with Crippen molar-refractivity contribution in [2.24, 2.45) is 0 Å². The van der Waals surface area contributed by atoms with Gasteiger partial charge in [-0.25, -0.2) is 0 Å². The Morgan fingerprint density at radius 2 is 1.26 bits per heavy atom. The highest BCUT2D eigenvalue weighted by Gasteiger charge is 2.50. The SMILES string of the molecule is CC1(C)c2ccccc2-c2c1c1cccc3c1n2-c1c2c(cc4sc5ccccc5c14)-c1cccc4c5c(n(c14)B23)C(C)(C)c1ccccc1-5. The van der Waals surface area contributed by atoms with E-state index in [1.54, 1.807) is 0 Å². The van der Waals surface area contributed by atoms with E-state index in [-0.39, 0.29) is 17.7 Å². The van der Waals surface area contributed by atoms with Crippen molar-refractivity contribution in [1.82, 2.24) is 9.05 Å².